The molecule has 0 aliphatic heterocycles. The average Bonchev–Trinajstić information content (AvgIpc) is 3.43. The standard InChI is InChI=1S/C44H55N2O6P/c1-9-13-17-33(10-2)28-46-41-22-21-34(40(45-52-32(8)47)20-16-23-53(49,50-11-3)51-12-4)26-37(41)38-27-39(35-18-14-15-19-36(35)43(38)46)44(48)42-30(6)24-29(5)25-31(42)7/h14-15,18-19,21-22,24-27,33H,9-13,16-17,20,23,28H2,1-8H3. The van der Waals surface area contributed by atoms with Crippen molar-refractivity contribution in [1.82, 2.24) is 4.57 Å². The number of rotatable bonds is 18. The number of hydrogen-bond donors (Lipinski definition) is 0. The summed E-state index contributed by atoms with van der Waals surface area (Å²) in [7, 11) is -3.27. The van der Waals surface area contributed by atoms with Crippen molar-refractivity contribution in [3.8, 4) is 0 Å². The molecule has 0 bridgehead atoms. The third kappa shape index (κ3) is 9.00. The molecule has 0 saturated heterocycles. The molecule has 4 aromatic carbocycles. The minimum atomic E-state index is -3.27. The van der Waals surface area contributed by atoms with E-state index in [-0.39, 0.29) is 25.2 Å². The summed E-state index contributed by atoms with van der Waals surface area (Å²) >= 11 is 0. The van der Waals surface area contributed by atoms with Crippen LogP contribution in [-0.2, 0) is 29.8 Å². The second-order valence-electron chi connectivity index (χ2n) is 14.1. The highest BCUT2D eigenvalue weighted by Crippen LogP contribution is 2.49. The summed E-state index contributed by atoms with van der Waals surface area (Å²) in [6, 6.07) is 20.7. The molecule has 0 aliphatic carbocycles. The topological polar surface area (TPSA) is 96.2 Å². The number of nitrogens with zero attached hydrogens (tertiary/aromatic N) is 2. The quantitative estimate of drug-likeness (QED) is 0.0292. The minimum Gasteiger partial charge on any atom is -0.340 e. The summed E-state index contributed by atoms with van der Waals surface area (Å²) in [4.78, 5) is 31.8. The first-order valence-corrected chi connectivity index (χ1v) is 20.9. The van der Waals surface area contributed by atoms with E-state index in [2.05, 4.69) is 73.0 Å². The molecule has 1 unspecified atom stereocenters. The van der Waals surface area contributed by atoms with Gasteiger partial charge in [0, 0.05) is 51.8 Å². The molecule has 0 N–H and O–H groups in total. The van der Waals surface area contributed by atoms with Crippen molar-refractivity contribution in [1.29, 1.82) is 0 Å². The Morgan fingerprint density at radius 2 is 1.51 bits per heavy atom. The van der Waals surface area contributed by atoms with Crippen molar-refractivity contribution in [2.24, 2.45) is 11.1 Å². The number of aromatic nitrogens is 1. The van der Waals surface area contributed by atoms with Gasteiger partial charge in [0.05, 0.1) is 30.6 Å². The van der Waals surface area contributed by atoms with Gasteiger partial charge in [-0.3, -0.25) is 9.36 Å². The molecule has 8 nitrogen and oxygen atoms in total. The normalized spacial score (nSPS) is 12.9. The first-order chi connectivity index (χ1) is 25.4. The molecule has 1 atom stereocenters. The molecular formula is C44H55N2O6P. The van der Waals surface area contributed by atoms with Gasteiger partial charge in [0.15, 0.2) is 5.78 Å². The van der Waals surface area contributed by atoms with Crippen LogP contribution in [0.4, 0.5) is 0 Å². The van der Waals surface area contributed by atoms with E-state index in [1.165, 1.54) is 13.3 Å². The second-order valence-corrected chi connectivity index (χ2v) is 16.3. The fourth-order valence-electron chi connectivity index (χ4n) is 7.73. The highest BCUT2D eigenvalue weighted by atomic mass is 31.2. The number of benzene rings is 4. The number of carbonyl (C=O) groups is 2. The monoisotopic (exact) mass is 738 g/mol. The van der Waals surface area contributed by atoms with Gasteiger partial charge in [0.2, 0.25) is 0 Å². The predicted molar refractivity (Wildman–Crippen MR) is 218 cm³/mol. The highest BCUT2D eigenvalue weighted by molar-refractivity contribution is 7.53. The van der Waals surface area contributed by atoms with Crippen molar-refractivity contribution < 1.29 is 28.0 Å². The summed E-state index contributed by atoms with van der Waals surface area (Å²) in [5, 5.41) is 8.24. The van der Waals surface area contributed by atoms with Crippen LogP contribution in [0.2, 0.25) is 0 Å². The van der Waals surface area contributed by atoms with Crippen LogP contribution >= 0.6 is 7.60 Å². The molecule has 5 rings (SSSR count). The summed E-state index contributed by atoms with van der Waals surface area (Å²) < 4.78 is 26.8. The molecule has 0 aliphatic rings. The van der Waals surface area contributed by atoms with Gasteiger partial charge in [-0.15, -0.1) is 0 Å². The van der Waals surface area contributed by atoms with Crippen LogP contribution in [0.1, 0.15) is 111 Å². The summed E-state index contributed by atoms with van der Waals surface area (Å²) in [6.45, 7) is 16.9. The van der Waals surface area contributed by atoms with Crippen LogP contribution in [0, 0.1) is 26.7 Å². The third-order valence-electron chi connectivity index (χ3n) is 10.1. The van der Waals surface area contributed by atoms with Crippen LogP contribution < -0.4 is 0 Å². The summed E-state index contributed by atoms with van der Waals surface area (Å²) in [5.41, 5.74) is 7.98. The summed E-state index contributed by atoms with van der Waals surface area (Å²) in [5.74, 6) is -0.0306. The molecule has 282 valence electrons. The largest absolute Gasteiger partial charge is 0.340 e. The Morgan fingerprint density at radius 1 is 0.830 bits per heavy atom. The maximum Gasteiger partial charge on any atom is 0.331 e. The van der Waals surface area contributed by atoms with E-state index >= 15 is 0 Å². The lowest BCUT2D eigenvalue weighted by molar-refractivity contribution is -0.140. The maximum absolute atomic E-state index is 14.6. The van der Waals surface area contributed by atoms with E-state index in [0.717, 1.165) is 86.2 Å². The number of carbonyl (C=O) groups excluding carboxylic acids is 2. The molecule has 0 amide bonds. The van der Waals surface area contributed by atoms with Crippen molar-refractivity contribution in [3.63, 3.8) is 0 Å². The van der Waals surface area contributed by atoms with Crippen LogP contribution in [-0.4, -0.2) is 41.4 Å². The molecule has 0 fully saturated rings. The fourth-order valence-corrected chi connectivity index (χ4v) is 9.40. The van der Waals surface area contributed by atoms with Gasteiger partial charge in [-0.05, 0) is 94.5 Å². The Kier molecular flexibility index (Phi) is 13.5. The SMILES string of the molecule is CCCCC(CC)Cn1c2ccc(C(CCCP(=O)(OCC)OCC)=NOC(C)=O)cc2c2cc(C(=O)c3c(C)cc(C)cc3C)c3ccccc3c21. The Bertz CT molecular complexity index is 2170. The van der Waals surface area contributed by atoms with E-state index in [0.29, 0.717) is 30.0 Å². The first kappa shape index (κ1) is 40.1. The Morgan fingerprint density at radius 3 is 2.13 bits per heavy atom. The van der Waals surface area contributed by atoms with E-state index in [1.54, 1.807) is 13.8 Å². The number of unbranched alkanes of at least 4 members (excludes halogenated alkanes) is 1. The smallest absolute Gasteiger partial charge is 0.331 e. The Balaban J connectivity index is 1.74. The number of aryl methyl sites for hydroxylation is 3. The molecule has 9 heteroatoms. The Labute approximate surface area is 314 Å². The van der Waals surface area contributed by atoms with E-state index in [4.69, 9.17) is 13.9 Å². The van der Waals surface area contributed by atoms with Crippen molar-refractivity contribution in [2.45, 2.75) is 100 Å². The number of oxime groups is 1. The van der Waals surface area contributed by atoms with Gasteiger partial charge in [0.1, 0.15) is 0 Å². The molecule has 0 radical (unpaired) electrons. The molecular weight excluding hydrogens is 683 g/mol. The first-order valence-electron chi connectivity index (χ1n) is 19.2. The highest BCUT2D eigenvalue weighted by Gasteiger charge is 2.25. The van der Waals surface area contributed by atoms with E-state index < -0.39 is 13.6 Å². The van der Waals surface area contributed by atoms with Crippen LogP contribution in [0.5, 0.6) is 0 Å². The van der Waals surface area contributed by atoms with Gasteiger partial charge in [0.25, 0.3) is 0 Å². The molecule has 1 heterocycles. The lowest BCUT2D eigenvalue weighted by atomic mass is 9.89. The van der Waals surface area contributed by atoms with Gasteiger partial charge >= 0.3 is 13.6 Å². The van der Waals surface area contributed by atoms with Crippen LogP contribution in [0.3, 0.4) is 0 Å². The molecule has 5 aromatic rings. The zero-order chi connectivity index (χ0) is 38.3. The minimum absolute atomic E-state index is 0.00895. The van der Waals surface area contributed by atoms with Crippen molar-refractivity contribution in [2.75, 3.05) is 19.4 Å². The Hall–Kier alpha value is -4.10. The van der Waals surface area contributed by atoms with E-state index in [1.807, 2.05) is 32.0 Å². The lowest BCUT2D eigenvalue weighted by Crippen LogP contribution is -2.11. The van der Waals surface area contributed by atoms with E-state index in [9.17, 15) is 14.2 Å². The zero-order valence-corrected chi connectivity index (χ0v) is 33.6. The van der Waals surface area contributed by atoms with Crippen LogP contribution in [0.15, 0.2) is 65.8 Å². The molecule has 1 aromatic heterocycles. The maximum atomic E-state index is 14.6. The van der Waals surface area contributed by atoms with Crippen LogP contribution in [0.25, 0.3) is 32.6 Å². The number of hydrogen-bond acceptors (Lipinski definition) is 7. The number of ketones is 1. The van der Waals surface area contributed by atoms with Crippen molar-refractivity contribution in [3.05, 3.63) is 94.0 Å². The van der Waals surface area contributed by atoms with Gasteiger partial charge in [-0.1, -0.05) is 86.3 Å². The predicted octanol–water partition coefficient (Wildman–Crippen LogP) is 11.6. The summed E-state index contributed by atoms with van der Waals surface area (Å²) in [6.07, 6.45) is 5.56. The second kappa shape index (κ2) is 17.8. The van der Waals surface area contributed by atoms with Gasteiger partial charge < -0.3 is 18.5 Å². The van der Waals surface area contributed by atoms with Gasteiger partial charge in [-0.25, -0.2) is 4.79 Å². The average molecular weight is 739 g/mol. The van der Waals surface area contributed by atoms with Gasteiger partial charge in [-0.2, -0.15) is 0 Å². The molecule has 0 spiro atoms. The van der Waals surface area contributed by atoms with Crippen molar-refractivity contribution >= 4 is 57.6 Å². The fraction of sp³-hybridized carbons (Fsp3) is 0.432. The zero-order valence-electron chi connectivity index (χ0n) is 32.7. The molecule has 0 saturated carbocycles. The molecule has 53 heavy (non-hydrogen) atoms. The lowest BCUT2D eigenvalue weighted by Gasteiger charge is -2.19. The third-order valence-corrected chi connectivity index (χ3v) is 12.3. The number of fused-ring (bicyclic) bond motifs is 5.